The van der Waals surface area contributed by atoms with Gasteiger partial charge in [-0.25, -0.2) is 8.78 Å². The van der Waals surface area contributed by atoms with Crippen LogP contribution in [0.4, 0.5) is 8.78 Å². The van der Waals surface area contributed by atoms with Gasteiger partial charge >= 0.3 is 0 Å². The van der Waals surface area contributed by atoms with Crippen molar-refractivity contribution in [3.05, 3.63) is 88.2 Å². The van der Waals surface area contributed by atoms with Crippen LogP contribution in [-0.4, -0.2) is 39.9 Å². The van der Waals surface area contributed by atoms with Gasteiger partial charge in [0.25, 0.3) is 12.3 Å². The Morgan fingerprint density at radius 1 is 1.15 bits per heavy atom. The number of rotatable bonds is 7. The Kier molecular flexibility index (Phi) is 6.55. The summed E-state index contributed by atoms with van der Waals surface area (Å²) in [7, 11) is 3.90. The summed E-state index contributed by atoms with van der Waals surface area (Å²) >= 11 is 0. The molecule has 0 saturated heterocycles. The van der Waals surface area contributed by atoms with Crippen molar-refractivity contribution in [2.45, 2.75) is 32.7 Å². The third-order valence-electron chi connectivity index (χ3n) is 5.40. The number of phenolic OH excluding ortho intramolecular Hbond substituents is 1. The van der Waals surface area contributed by atoms with E-state index in [0.717, 1.165) is 34.6 Å². The largest absolute Gasteiger partial charge is 0.507 e. The Morgan fingerprint density at radius 2 is 1.91 bits per heavy atom. The molecule has 0 fully saturated rings. The predicted molar refractivity (Wildman–Crippen MR) is 119 cm³/mol. The zero-order chi connectivity index (χ0) is 23.5. The summed E-state index contributed by atoms with van der Waals surface area (Å²) in [5.74, 6) is -1.10. The number of aromatic nitrogens is 1. The van der Waals surface area contributed by atoms with Crippen molar-refractivity contribution in [1.29, 1.82) is 0 Å². The number of carbonyl (C=O) groups excluding carboxylic acids is 1. The van der Waals surface area contributed by atoms with Crippen LogP contribution in [0.15, 0.2) is 54.6 Å². The second-order valence-corrected chi connectivity index (χ2v) is 8.30. The van der Waals surface area contributed by atoms with Crippen molar-refractivity contribution in [2.24, 2.45) is 0 Å². The highest BCUT2D eigenvalue weighted by Crippen LogP contribution is 2.36. The molecule has 33 heavy (non-hydrogen) atoms. The van der Waals surface area contributed by atoms with Crippen molar-refractivity contribution in [1.82, 2.24) is 14.8 Å². The summed E-state index contributed by atoms with van der Waals surface area (Å²) in [6.45, 7) is 1.33. The molecule has 8 heteroatoms. The van der Waals surface area contributed by atoms with Gasteiger partial charge in [-0.15, -0.1) is 0 Å². The Hall–Kier alpha value is -3.52. The molecule has 0 atom stereocenters. The normalized spacial score (nSPS) is 13.0. The van der Waals surface area contributed by atoms with E-state index in [1.165, 1.54) is 4.90 Å². The maximum Gasteiger partial charge on any atom is 0.264 e. The lowest BCUT2D eigenvalue weighted by Gasteiger charge is -2.20. The van der Waals surface area contributed by atoms with Crippen LogP contribution in [0, 0.1) is 0 Å². The molecule has 0 spiro atoms. The molecule has 2 heterocycles. The fraction of sp³-hybridized carbons (Fsp3) is 0.280. The Morgan fingerprint density at radius 3 is 2.61 bits per heavy atom. The van der Waals surface area contributed by atoms with E-state index < -0.39 is 23.6 Å². The number of fused-ring (bicyclic) bond motifs is 1. The average molecular weight is 453 g/mol. The van der Waals surface area contributed by atoms with Gasteiger partial charge in [-0.2, -0.15) is 0 Å². The van der Waals surface area contributed by atoms with Crippen LogP contribution >= 0.6 is 0 Å². The van der Waals surface area contributed by atoms with Gasteiger partial charge < -0.3 is 19.6 Å². The molecular weight excluding hydrogens is 428 g/mol. The van der Waals surface area contributed by atoms with Crippen LogP contribution in [0.25, 0.3) is 0 Å². The minimum Gasteiger partial charge on any atom is -0.507 e. The number of halogens is 2. The molecule has 0 bridgehead atoms. The lowest BCUT2D eigenvalue weighted by atomic mass is 10.1. The second kappa shape index (κ2) is 9.54. The van der Waals surface area contributed by atoms with E-state index in [1.54, 1.807) is 0 Å². The number of hydrogen-bond donors (Lipinski definition) is 1. The third-order valence-corrected chi connectivity index (χ3v) is 5.40. The number of pyridine rings is 1. The highest BCUT2D eigenvalue weighted by atomic mass is 19.3. The number of amides is 1. The van der Waals surface area contributed by atoms with Gasteiger partial charge in [0.2, 0.25) is 0 Å². The maximum atomic E-state index is 13.4. The van der Waals surface area contributed by atoms with Crippen LogP contribution in [-0.2, 0) is 26.2 Å². The zero-order valence-electron chi connectivity index (χ0n) is 18.5. The third kappa shape index (κ3) is 5.12. The number of hydrogen-bond acceptors (Lipinski definition) is 5. The molecule has 2 aromatic carbocycles. The average Bonchev–Trinajstić information content (AvgIpc) is 3.20. The number of benzene rings is 2. The summed E-state index contributed by atoms with van der Waals surface area (Å²) in [5, 5.41) is 10.5. The van der Waals surface area contributed by atoms with Gasteiger partial charge in [0.15, 0.2) is 0 Å². The summed E-state index contributed by atoms with van der Waals surface area (Å²) in [6, 6.07) is 15.1. The van der Waals surface area contributed by atoms with E-state index >= 15 is 0 Å². The molecular formula is C25H25F2N3O3. The van der Waals surface area contributed by atoms with E-state index in [9.17, 15) is 18.7 Å². The maximum absolute atomic E-state index is 13.4. The minimum absolute atomic E-state index is 0.0723. The minimum atomic E-state index is -2.81. The van der Waals surface area contributed by atoms with E-state index in [1.807, 2.05) is 61.5 Å². The predicted octanol–water partition coefficient (Wildman–Crippen LogP) is 4.52. The van der Waals surface area contributed by atoms with Crippen LogP contribution < -0.4 is 4.74 Å². The van der Waals surface area contributed by atoms with Gasteiger partial charge in [0.1, 0.15) is 23.7 Å². The molecule has 1 aliphatic heterocycles. The molecule has 1 N–H and O–H groups in total. The first kappa shape index (κ1) is 22.7. The smallest absolute Gasteiger partial charge is 0.264 e. The molecule has 1 aliphatic rings. The van der Waals surface area contributed by atoms with Crippen LogP contribution in [0.2, 0.25) is 0 Å². The molecule has 0 saturated carbocycles. The van der Waals surface area contributed by atoms with Crippen LogP contribution in [0.5, 0.6) is 11.5 Å². The highest BCUT2D eigenvalue weighted by molar-refractivity contribution is 6.00. The van der Waals surface area contributed by atoms with E-state index in [2.05, 4.69) is 4.98 Å². The van der Waals surface area contributed by atoms with Gasteiger partial charge in [0.05, 0.1) is 17.9 Å². The van der Waals surface area contributed by atoms with E-state index in [-0.39, 0.29) is 24.5 Å². The van der Waals surface area contributed by atoms with Crippen molar-refractivity contribution < 1.29 is 23.4 Å². The Balaban J connectivity index is 1.60. The Labute approximate surface area is 191 Å². The fourth-order valence-electron chi connectivity index (χ4n) is 3.82. The quantitative estimate of drug-likeness (QED) is 0.570. The van der Waals surface area contributed by atoms with Gasteiger partial charge in [-0.3, -0.25) is 9.78 Å². The summed E-state index contributed by atoms with van der Waals surface area (Å²) in [4.78, 5) is 21.6. The number of aromatic hydroxyl groups is 1. The molecule has 172 valence electrons. The first-order chi connectivity index (χ1) is 15.8. The number of carbonyl (C=O) groups is 1. The van der Waals surface area contributed by atoms with Crippen LogP contribution in [0.1, 0.15) is 44.9 Å². The number of ether oxygens (including phenoxy) is 1. The van der Waals surface area contributed by atoms with E-state index in [4.69, 9.17) is 4.74 Å². The van der Waals surface area contributed by atoms with E-state index in [0.29, 0.717) is 13.1 Å². The fourth-order valence-corrected chi connectivity index (χ4v) is 3.82. The molecule has 6 nitrogen and oxygen atoms in total. The standard InChI is InChI=1S/C25H25F2N3O3/c1-29(2)13-19-9-8-17-12-30(14-20(17)28-19)25(32)23-21(31)10-18(24(26)27)11-22(23)33-15-16-6-4-3-5-7-16/h3-11,24,31H,12-15H2,1-2H3. The van der Waals surface area contributed by atoms with Gasteiger partial charge in [-0.1, -0.05) is 36.4 Å². The molecule has 1 amide bonds. The molecule has 4 rings (SSSR count). The first-order valence-corrected chi connectivity index (χ1v) is 10.5. The van der Waals surface area contributed by atoms with Crippen molar-refractivity contribution in [2.75, 3.05) is 14.1 Å². The number of alkyl halides is 2. The van der Waals surface area contributed by atoms with Crippen LogP contribution in [0.3, 0.4) is 0 Å². The summed E-state index contributed by atoms with van der Waals surface area (Å²) < 4.78 is 32.5. The molecule has 0 aliphatic carbocycles. The topological polar surface area (TPSA) is 65.9 Å². The van der Waals surface area contributed by atoms with Crippen molar-refractivity contribution >= 4 is 5.91 Å². The Bertz CT molecular complexity index is 1150. The second-order valence-electron chi connectivity index (χ2n) is 8.30. The molecule has 1 aromatic heterocycles. The van der Waals surface area contributed by atoms with Crippen molar-refractivity contribution in [3.63, 3.8) is 0 Å². The highest BCUT2D eigenvalue weighted by Gasteiger charge is 2.30. The number of phenols is 1. The summed E-state index contributed by atoms with van der Waals surface area (Å²) in [5.41, 5.74) is 2.87. The lowest BCUT2D eigenvalue weighted by molar-refractivity contribution is 0.0741. The monoisotopic (exact) mass is 453 g/mol. The van der Waals surface area contributed by atoms with Crippen molar-refractivity contribution in [3.8, 4) is 11.5 Å². The van der Waals surface area contributed by atoms with Gasteiger partial charge in [-0.05, 0) is 43.4 Å². The lowest BCUT2D eigenvalue weighted by Crippen LogP contribution is -2.26. The molecule has 3 aromatic rings. The zero-order valence-corrected chi connectivity index (χ0v) is 18.5. The molecule has 0 unspecified atom stereocenters. The summed E-state index contributed by atoms with van der Waals surface area (Å²) in [6.07, 6.45) is -2.81. The first-order valence-electron chi connectivity index (χ1n) is 10.5. The molecule has 0 radical (unpaired) electrons. The number of nitrogens with zero attached hydrogens (tertiary/aromatic N) is 3. The SMILES string of the molecule is CN(C)Cc1ccc2c(n1)CN(C(=O)c1c(O)cc(C(F)F)cc1OCc1ccccc1)C2. The van der Waals surface area contributed by atoms with Gasteiger partial charge in [0, 0.05) is 18.7 Å².